The Morgan fingerprint density at radius 1 is 0.947 bits per heavy atom. The highest BCUT2D eigenvalue weighted by atomic mass is 16.7. The molecule has 11 atom stereocenters. The minimum absolute atomic E-state index is 0.00612. The molecule has 4 unspecified atom stereocenters. The van der Waals surface area contributed by atoms with E-state index in [9.17, 15) is 9.59 Å². The Morgan fingerprint density at radius 2 is 1.74 bits per heavy atom. The number of esters is 1. The van der Waals surface area contributed by atoms with Gasteiger partial charge in [0.1, 0.15) is 6.10 Å². The molecule has 0 N–H and O–H groups in total. The lowest BCUT2D eigenvalue weighted by Gasteiger charge is -2.40. The van der Waals surface area contributed by atoms with Crippen LogP contribution in [0.1, 0.15) is 97.8 Å². The van der Waals surface area contributed by atoms with Gasteiger partial charge < -0.3 is 19.1 Å². The molecule has 3 aliphatic carbocycles. The number of allylic oxidation sites excluding steroid dienone is 2. The highest BCUT2D eigenvalue weighted by molar-refractivity contribution is 5.99. The molecule has 2 saturated heterocycles. The van der Waals surface area contributed by atoms with E-state index < -0.39 is 0 Å². The molecule has 6 nitrogen and oxygen atoms in total. The number of hydrogen-bond donors (Lipinski definition) is 0. The molecule has 4 fully saturated rings. The molecule has 5 rings (SSSR count). The number of Topliss-reactive ketones (excluding diaryl/α,β-unsaturated/α-hetero) is 1. The van der Waals surface area contributed by atoms with E-state index in [1.807, 2.05) is 0 Å². The van der Waals surface area contributed by atoms with Crippen LogP contribution in [0, 0.1) is 35.5 Å². The quantitative estimate of drug-likeness (QED) is 0.421. The Morgan fingerprint density at radius 3 is 2.47 bits per heavy atom. The maximum atomic E-state index is 14.2. The zero-order valence-electron chi connectivity index (χ0n) is 24.4. The molecule has 0 aromatic rings. The molecule has 214 valence electrons. The summed E-state index contributed by atoms with van der Waals surface area (Å²) in [6.45, 7) is 6.28. The number of carbonyl (C=O) groups is 2. The second kappa shape index (κ2) is 12.1. The highest BCUT2D eigenvalue weighted by Crippen LogP contribution is 2.56. The van der Waals surface area contributed by atoms with E-state index in [0.29, 0.717) is 30.2 Å². The van der Waals surface area contributed by atoms with Gasteiger partial charge in [-0.2, -0.15) is 0 Å². The zero-order chi connectivity index (χ0) is 27.0. The third-order valence-electron chi connectivity index (χ3n) is 10.9. The molecule has 2 heterocycles. The molecule has 0 aromatic carbocycles. The lowest BCUT2D eigenvalue weighted by atomic mass is 9.66. The van der Waals surface area contributed by atoms with Crippen LogP contribution in [0.5, 0.6) is 0 Å². The first kappa shape index (κ1) is 28.3. The summed E-state index contributed by atoms with van der Waals surface area (Å²) in [4.78, 5) is 29.6. The molecular formula is C32H51NO5. The second-order valence-corrected chi connectivity index (χ2v) is 13.3. The summed E-state index contributed by atoms with van der Waals surface area (Å²) in [6.07, 6.45) is 13.7. The molecule has 38 heavy (non-hydrogen) atoms. The number of ether oxygens (including phenoxy) is 3. The summed E-state index contributed by atoms with van der Waals surface area (Å²) in [5.74, 6) is 2.15. The van der Waals surface area contributed by atoms with E-state index >= 15 is 0 Å². The minimum atomic E-state index is -0.274. The number of ketones is 1. The topological polar surface area (TPSA) is 65.1 Å². The van der Waals surface area contributed by atoms with Gasteiger partial charge >= 0.3 is 5.97 Å². The van der Waals surface area contributed by atoms with Gasteiger partial charge in [-0.1, -0.05) is 32.8 Å². The number of hydrogen-bond acceptors (Lipinski definition) is 6. The van der Waals surface area contributed by atoms with Crippen molar-refractivity contribution in [2.45, 2.75) is 128 Å². The molecule has 2 saturated carbocycles. The van der Waals surface area contributed by atoms with Crippen LogP contribution in [0.15, 0.2) is 11.6 Å². The average molecular weight is 530 g/mol. The van der Waals surface area contributed by atoms with Crippen LogP contribution in [-0.4, -0.2) is 61.4 Å². The van der Waals surface area contributed by atoms with Gasteiger partial charge in [0.2, 0.25) is 0 Å². The van der Waals surface area contributed by atoms with Gasteiger partial charge in [-0.05, 0) is 108 Å². The Kier molecular flexibility index (Phi) is 9.01. The number of carbonyl (C=O) groups excluding carboxylic acids is 2. The van der Waals surface area contributed by atoms with Gasteiger partial charge in [-0.3, -0.25) is 9.59 Å². The van der Waals surface area contributed by atoms with Gasteiger partial charge in [-0.25, -0.2) is 0 Å². The van der Waals surface area contributed by atoms with Crippen molar-refractivity contribution in [3.05, 3.63) is 11.6 Å². The zero-order valence-corrected chi connectivity index (χ0v) is 24.4. The molecular weight excluding hydrogens is 478 g/mol. The molecule has 0 amide bonds. The maximum absolute atomic E-state index is 14.2. The summed E-state index contributed by atoms with van der Waals surface area (Å²) >= 11 is 0. The number of cyclic esters (lactones) is 1. The number of likely N-dealkylation sites (N-methyl/N-ethyl adjacent to an activating group) is 1. The van der Waals surface area contributed by atoms with Gasteiger partial charge in [0.05, 0.1) is 18.6 Å². The highest BCUT2D eigenvalue weighted by Gasteiger charge is 2.50. The Balaban J connectivity index is 1.38. The van der Waals surface area contributed by atoms with E-state index in [4.69, 9.17) is 14.2 Å². The number of fused-ring (bicyclic) bond motifs is 5. The summed E-state index contributed by atoms with van der Waals surface area (Å²) in [5, 5.41) is 0. The first-order chi connectivity index (χ1) is 18.3. The predicted molar refractivity (Wildman–Crippen MR) is 147 cm³/mol. The molecule has 0 aromatic heterocycles. The molecule has 0 radical (unpaired) electrons. The standard InChI is InChI=1S/C32H51NO5/c1-6-22-10-8-12-29(38-31-16-15-28(33(4)5)20(3)36-31)19(2)32(35)27-17-25-23-11-7-9-21(23)13-14-24(25)26(27)18-30(34)37-22/h17,19-26,28-29,31H,6-16,18H2,1-5H3/t19-,20?,21+,22+,23-,24-,25?,26+,28?,29+,31?/m1/s1. The van der Waals surface area contributed by atoms with Crippen LogP contribution >= 0.6 is 0 Å². The fraction of sp³-hybridized carbons (Fsp3) is 0.875. The van der Waals surface area contributed by atoms with E-state index in [1.165, 1.54) is 25.7 Å². The summed E-state index contributed by atoms with van der Waals surface area (Å²) in [5.41, 5.74) is 0.907. The van der Waals surface area contributed by atoms with Crippen LogP contribution < -0.4 is 0 Å². The third kappa shape index (κ3) is 5.78. The van der Waals surface area contributed by atoms with Crippen molar-refractivity contribution in [3.63, 3.8) is 0 Å². The molecule has 2 aliphatic heterocycles. The van der Waals surface area contributed by atoms with E-state index in [1.54, 1.807) is 0 Å². The van der Waals surface area contributed by atoms with Crippen LogP contribution in [0.25, 0.3) is 0 Å². The third-order valence-corrected chi connectivity index (χ3v) is 10.9. The summed E-state index contributed by atoms with van der Waals surface area (Å²) in [7, 11) is 4.21. The summed E-state index contributed by atoms with van der Waals surface area (Å²) in [6, 6.07) is 0.386. The van der Waals surface area contributed by atoms with Crippen molar-refractivity contribution in [1.29, 1.82) is 0 Å². The number of rotatable bonds is 4. The van der Waals surface area contributed by atoms with Crippen molar-refractivity contribution < 1.29 is 23.8 Å². The monoisotopic (exact) mass is 529 g/mol. The van der Waals surface area contributed by atoms with Crippen molar-refractivity contribution in [1.82, 2.24) is 4.90 Å². The molecule has 5 aliphatic rings. The van der Waals surface area contributed by atoms with Gasteiger partial charge in [0, 0.05) is 17.9 Å². The fourth-order valence-electron chi connectivity index (χ4n) is 8.74. The van der Waals surface area contributed by atoms with Crippen LogP contribution in [0.4, 0.5) is 0 Å². The van der Waals surface area contributed by atoms with Crippen molar-refractivity contribution in [2.24, 2.45) is 35.5 Å². The van der Waals surface area contributed by atoms with E-state index in [2.05, 4.69) is 45.8 Å². The lowest BCUT2D eigenvalue weighted by molar-refractivity contribution is -0.231. The molecule has 0 spiro atoms. The molecule has 0 bridgehead atoms. The normalized spacial score (nSPS) is 44.4. The SMILES string of the molecule is CC[C@H]1CCC[C@H](OC2CCC(N(C)C)C(C)O2)[C@@H](C)C(=O)C2=CC3[C@@H](CC[C@@H]4CCC[C@@H]34)[C@@H]2CC(=O)O1. The fourth-order valence-corrected chi connectivity index (χ4v) is 8.74. The average Bonchev–Trinajstić information content (AvgIpc) is 3.50. The van der Waals surface area contributed by atoms with Crippen molar-refractivity contribution in [3.8, 4) is 0 Å². The van der Waals surface area contributed by atoms with Crippen molar-refractivity contribution in [2.75, 3.05) is 14.1 Å². The Bertz CT molecular complexity index is 885. The smallest absolute Gasteiger partial charge is 0.306 e. The number of nitrogens with zero attached hydrogens (tertiary/aromatic N) is 1. The first-order valence-electron chi connectivity index (χ1n) is 15.7. The van der Waals surface area contributed by atoms with E-state index in [-0.39, 0.29) is 48.2 Å². The van der Waals surface area contributed by atoms with Gasteiger partial charge in [0.15, 0.2) is 12.1 Å². The largest absolute Gasteiger partial charge is 0.462 e. The summed E-state index contributed by atoms with van der Waals surface area (Å²) < 4.78 is 19.0. The second-order valence-electron chi connectivity index (χ2n) is 13.3. The molecule has 6 heteroatoms. The predicted octanol–water partition coefficient (Wildman–Crippen LogP) is 5.93. The van der Waals surface area contributed by atoms with Gasteiger partial charge in [0.25, 0.3) is 0 Å². The van der Waals surface area contributed by atoms with Crippen LogP contribution in [0.2, 0.25) is 0 Å². The van der Waals surface area contributed by atoms with Gasteiger partial charge in [-0.15, -0.1) is 0 Å². The first-order valence-corrected chi connectivity index (χ1v) is 15.7. The maximum Gasteiger partial charge on any atom is 0.306 e. The minimum Gasteiger partial charge on any atom is -0.462 e. The Labute approximate surface area is 230 Å². The van der Waals surface area contributed by atoms with Crippen LogP contribution in [0.3, 0.4) is 0 Å². The lowest BCUT2D eigenvalue weighted by Crippen LogP contribution is -2.47. The van der Waals surface area contributed by atoms with Crippen molar-refractivity contribution >= 4 is 11.8 Å². The Hall–Kier alpha value is -1.24. The van der Waals surface area contributed by atoms with E-state index in [0.717, 1.165) is 56.4 Å². The van der Waals surface area contributed by atoms with Crippen LogP contribution in [-0.2, 0) is 23.8 Å².